The second-order valence-electron chi connectivity index (χ2n) is 6.34. The molecule has 0 aromatic heterocycles. The molecular weight excluding hydrogens is 218 g/mol. The van der Waals surface area contributed by atoms with Crippen LogP contribution >= 0.6 is 0 Å². The Balaban J connectivity index is 1.61. The van der Waals surface area contributed by atoms with E-state index in [1.165, 1.54) is 49.8 Å². The van der Waals surface area contributed by atoms with Gasteiger partial charge in [-0.2, -0.15) is 0 Å². The van der Waals surface area contributed by atoms with E-state index in [0.717, 1.165) is 17.9 Å². The Morgan fingerprint density at radius 2 is 2.11 bits per heavy atom. The van der Waals surface area contributed by atoms with E-state index >= 15 is 0 Å². The maximum Gasteiger partial charge on any atom is 0.0102 e. The summed E-state index contributed by atoms with van der Waals surface area (Å²) in [4.78, 5) is 0. The molecule has 0 spiro atoms. The fourth-order valence-corrected chi connectivity index (χ4v) is 4.06. The molecule has 2 aliphatic rings. The van der Waals surface area contributed by atoms with Crippen LogP contribution in [0.1, 0.15) is 42.4 Å². The van der Waals surface area contributed by atoms with Gasteiger partial charge in [0.05, 0.1) is 0 Å². The number of nitrogens with one attached hydrogen (secondary N) is 1. The first-order chi connectivity index (χ1) is 8.74. The topological polar surface area (TPSA) is 12.0 Å². The minimum absolute atomic E-state index is 0.790. The molecule has 2 fully saturated rings. The molecule has 98 valence electrons. The van der Waals surface area contributed by atoms with Crippen molar-refractivity contribution in [1.82, 2.24) is 5.32 Å². The van der Waals surface area contributed by atoms with Crippen molar-refractivity contribution >= 4 is 0 Å². The van der Waals surface area contributed by atoms with Gasteiger partial charge in [-0.05, 0) is 69.0 Å². The van der Waals surface area contributed by atoms with Crippen LogP contribution in [0.3, 0.4) is 0 Å². The van der Waals surface area contributed by atoms with Gasteiger partial charge in [0.1, 0.15) is 0 Å². The van der Waals surface area contributed by atoms with Crippen LogP contribution in [0, 0.1) is 25.7 Å². The van der Waals surface area contributed by atoms with Crippen molar-refractivity contribution in [2.75, 3.05) is 6.54 Å². The highest BCUT2D eigenvalue weighted by atomic mass is 15.0. The fourth-order valence-electron chi connectivity index (χ4n) is 4.06. The molecule has 1 saturated heterocycles. The van der Waals surface area contributed by atoms with E-state index < -0.39 is 0 Å². The standard InChI is InChI=1S/C17H25N/c1-12-6-7-14(13(2)10-12)8-9-17-16-5-3-4-15(16)11-18-17/h6-7,10,15-18H,3-5,8-9,11H2,1-2H3. The highest BCUT2D eigenvalue weighted by Crippen LogP contribution is 2.39. The predicted octanol–water partition coefficient (Wildman–Crippen LogP) is 3.62. The Bertz CT molecular complexity index is 424. The molecule has 18 heavy (non-hydrogen) atoms. The molecule has 1 N–H and O–H groups in total. The highest BCUT2D eigenvalue weighted by Gasteiger charge is 2.38. The van der Waals surface area contributed by atoms with Crippen LogP contribution in [-0.2, 0) is 6.42 Å². The van der Waals surface area contributed by atoms with Crippen LogP contribution in [0.4, 0.5) is 0 Å². The Kier molecular flexibility index (Phi) is 3.43. The zero-order valence-corrected chi connectivity index (χ0v) is 11.7. The van der Waals surface area contributed by atoms with Crippen molar-refractivity contribution in [3.63, 3.8) is 0 Å². The third-order valence-electron chi connectivity index (χ3n) is 5.10. The molecule has 1 aliphatic carbocycles. The average molecular weight is 243 g/mol. The van der Waals surface area contributed by atoms with Crippen LogP contribution in [0.15, 0.2) is 18.2 Å². The third kappa shape index (κ3) is 2.33. The van der Waals surface area contributed by atoms with E-state index in [0.29, 0.717) is 0 Å². The zero-order valence-electron chi connectivity index (χ0n) is 11.7. The minimum Gasteiger partial charge on any atom is -0.313 e. The van der Waals surface area contributed by atoms with Crippen LogP contribution in [-0.4, -0.2) is 12.6 Å². The predicted molar refractivity (Wildman–Crippen MR) is 76.9 cm³/mol. The van der Waals surface area contributed by atoms with Crippen LogP contribution in [0.2, 0.25) is 0 Å². The molecule has 1 saturated carbocycles. The van der Waals surface area contributed by atoms with Gasteiger partial charge in [-0.25, -0.2) is 0 Å². The lowest BCUT2D eigenvalue weighted by Crippen LogP contribution is -2.27. The summed E-state index contributed by atoms with van der Waals surface area (Å²) in [7, 11) is 0. The van der Waals surface area contributed by atoms with Crippen molar-refractivity contribution in [3.05, 3.63) is 34.9 Å². The molecule has 3 rings (SSSR count). The Hall–Kier alpha value is -0.820. The number of benzene rings is 1. The molecule has 0 bridgehead atoms. The lowest BCUT2D eigenvalue weighted by molar-refractivity contribution is 0.393. The molecular formula is C17H25N. The third-order valence-corrected chi connectivity index (χ3v) is 5.10. The average Bonchev–Trinajstić information content (AvgIpc) is 2.91. The Labute approximate surface area is 111 Å². The second kappa shape index (κ2) is 5.05. The van der Waals surface area contributed by atoms with Crippen LogP contribution in [0.25, 0.3) is 0 Å². The van der Waals surface area contributed by atoms with Crippen LogP contribution in [0.5, 0.6) is 0 Å². The van der Waals surface area contributed by atoms with Crippen molar-refractivity contribution in [2.45, 2.75) is 52.0 Å². The summed E-state index contributed by atoms with van der Waals surface area (Å²) >= 11 is 0. The van der Waals surface area contributed by atoms with E-state index in [2.05, 4.69) is 37.4 Å². The van der Waals surface area contributed by atoms with Gasteiger partial charge in [0.25, 0.3) is 0 Å². The maximum atomic E-state index is 3.76. The lowest BCUT2D eigenvalue weighted by atomic mass is 9.89. The van der Waals surface area contributed by atoms with Crippen molar-refractivity contribution in [3.8, 4) is 0 Å². The van der Waals surface area contributed by atoms with E-state index in [4.69, 9.17) is 0 Å². The van der Waals surface area contributed by atoms with Crippen molar-refractivity contribution < 1.29 is 0 Å². The lowest BCUT2D eigenvalue weighted by Gasteiger charge is -2.18. The first-order valence-corrected chi connectivity index (χ1v) is 7.53. The fraction of sp³-hybridized carbons (Fsp3) is 0.647. The van der Waals surface area contributed by atoms with Gasteiger partial charge in [-0.3, -0.25) is 0 Å². The van der Waals surface area contributed by atoms with E-state index in [1.807, 2.05) is 0 Å². The summed E-state index contributed by atoms with van der Waals surface area (Å²) in [6.45, 7) is 5.71. The molecule has 0 amide bonds. The number of hydrogen-bond acceptors (Lipinski definition) is 1. The molecule has 1 aromatic rings. The van der Waals surface area contributed by atoms with Gasteiger partial charge in [-0.1, -0.05) is 30.2 Å². The zero-order chi connectivity index (χ0) is 12.5. The summed E-state index contributed by atoms with van der Waals surface area (Å²) in [5.41, 5.74) is 4.39. The van der Waals surface area contributed by atoms with Crippen LogP contribution < -0.4 is 5.32 Å². The van der Waals surface area contributed by atoms with E-state index in [9.17, 15) is 0 Å². The summed E-state index contributed by atoms with van der Waals surface area (Å²) in [6.07, 6.45) is 6.97. The van der Waals surface area contributed by atoms with Gasteiger partial charge in [0.15, 0.2) is 0 Å². The summed E-state index contributed by atoms with van der Waals surface area (Å²) in [6, 6.07) is 7.68. The molecule has 1 aromatic carbocycles. The van der Waals surface area contributed by atoms with Gasteiger partial charge >= 0.3 is 0 Å². The second-order valence-corrected chi connectivity index (χ2v) is 6.34. The number of aryl methyl sites for hydroxylation is 3. The molecule has 3 atom stereocenters. The smallest absolute Gasteiger partial charge is 0.0102 e. The summed E-state index contributed by atoms with van der Waals surface area (Å²) in [5.74, 6) is 1.98. The van der Waals surface area contributed by atoms with Crippen molar-refractivity contribution in [1.29, 1.82) is 0 Å². The summed E-state index contributed by atoms with van der Waals surface area (Å²) in [5, 5.41) is 3.76. The Morgan fingerprint density at radius 1 is 1.22 bits per heavy atom. The van der Waals surface area contributed by atoms with Gasteiger partial charge < -0.3 is 5.32 Å². The highest BCUT2D eigenvalue weighted by molar-refractivity contribution is 5.30. The molecule has 1 aliphatic heterocycles. The van der Waals surface area contributed by atoms with Gasteiger partial charge in [0, 0.05) is 6.04 Å². The Morgan fingerprint density at radius 3 is 2.94 bits per heavy atom. The van der Waals surface area contributed by atoms with E-state index in [1.54, 1.807) is 5.56 Å². The normalized spacial score (nSPS) is 30.7. The van der Waals surface area contributed by atoms with Gasteiger partial charge in [-0.15, -0.1) is 0 Å². The maximum absolute atomic E-state index is 3.76. The molecule has 1 heteroatoms. The molecule has 0 radical (unpaired) electrons. The summed E-state index contributed by atoms with van der Waals surface area (Å²) < 4.78 is 0. The quantitative estimate of drug-likeness (QED) is 0.855. The first-order valence-electron chi connectivity index (χ1n) is 7.53. The largest absolute Gasteiger partial charge is 0.313 e. The molecule has 3 unspecified atom stereocenters. The molecule has 1 heterocycles. The van der Waals surface area contributed by atoms with Gasteiger partial charge in [0.2, 0.25) is 0 Å². The van der Waals surface area contributed by atoms with Crippen molar-refractivity contribution in [2.24, 2.45) is 11.8 Å². The number of rotatable bonds is 3. The number of hydrogen-bond donors (Lipinski definition) is 1. The first kappa shape index (κ1) is 12.2. The van der Waals surface area contributed by atoms with E-state index in [-0.39, 0.29) is 0 Å². The number of fused-ring (bicyclic) bond motifs is 1. The molecule has 1 nitrogen and oxygen atoms in total. The SMILES string of the molecule is Cc1ccc(CCC2NCC3CCCC32)c(C)c1. The monoisotopic (exact) mass is 243 g/mol. The minimum atomic E-state index is 0.790.